The van der Waals surface area contributed by atoms with Crippen molar-refractivity contribution in [2.24, 2.45) is 0 Å². The van der Waals surface area contributed by atoms with Gasteiger partial charge in [-0.05, 0) is 31.2 Å². The molecule has 1 unspecified atom stereocenters. The first-order valence-electron chi connectivity index (χ1n) is 5.52. The third kappa shape index (κ3) is 2.18. The van der Waals surface area contributed by atoms with E-state index in [0.717, 1.165) is 22.4 Å². The first-order valence-corrected chi connectivity index (χ1v) is 6.31. The molecule has 4 heteroatoms. The number of nitrogens with one attached hydrogen (secondary N) is 1. The molecule has 1 heterocycles. The molecule has 3 nitrogen and oxygen atoms in total. The highest BCUT2D eigenvalue weighted by molar-refractivity contribution is 9.10. The zero-order valence-corrected chi connectivity index (χ0v) is 11.1. The molecule has 2 rings (SSSR count). The Balaban J connectivity index is 2.38. The summed E-state index contributed by atoms with van der Waals surface area (Å²) in [6.45, 7) is 3.41. The molecule has 0 aliphatic carbocycles. The highest BCUT2D eigenvalue weighted by Gasteiger charge is 2.18. The maximum atomic E-state index is 5.58. The SMILES string of the molecule is CCC(NC)c1cc2c(cc1Br)OCCO2. The number of hydrogen-bond acceptors (Lipinski definition) is 3. The van der Waals surface area contributed by atoms with E-state index >= 15 is 0 Å². The van der Waals surface area contributed by atoms with Gasteiger partial charge in [0.15, 0.2) is 11.5 Å². The third-order valence-corrected chi connectivity index (χ3v) is 3.48. The maximum absolute atomic E-state index is 5.58. The van der Waals surface area contributed by atoms with Crippen LogP contribution in [0.1, 0.15) is 24.9 Å². The van der Waals surface area contributed by atoms with Gasteiger partial charge >= 0.3 is 0 Å². The average Bonchev–Trinajstić information content (AvgIpc) is 2.31. The minimum Gasteiger partial charge on any atom is -0.486 e. The van der Waals surface area contributed by atoms with Gasteiger partial charge in [-0.1, -0.05) is 22.9 Å². The molecule has 0 amide bonds. The lowest BCUT2D eigenvalue weighted by Gasteiger charge is -2.22. The molecule has 16 heavy (non-hydrogen) atoms. The Morgan fingerprint density at radius 1 is 1.31 bits per heavy atom. The average molecular weight is 286 g/mol. The lowest BCUT2D eigenvalue weighted by Crippen LogP contribution is -2.18. The van der Waals surface area contributed by atoms with Crippen molar-refractivity contribution in [1.29, 1.82) is 0 Å². The number of ether oxygens (including phenoxy) is 2. The topological polar surface area (TPSA) is 30.5 Å². The van der Waals surface area contributed by atoms with Gasteiger partial charge in [0, 0.05) is 10.5 Å². The van der Waals surface area contributed by atoms with Crippen molar-refractivity contribution in [2.45, 2.75) is 19.4 Å². The maximum Gasteiger partial charge on any atom is 0.162 e. The summed E-state index contributed by atoms with van der Waals surface area (Å²) >= 11 is 3.58. The van der Waals surface area contributed by atoms with Crippen molar-refractivity contribution in [1.82, 2.24) is 5.32 Å². The van der Waals surface area contributed by atoms with Crippen molar-refractivity contribution >= 4 is 15.9 Å². The molecule has 1 aliphatic heterocycles. The van der Waals surface area contributed by atoms with E-state index in [1.54, 1.807) is 0 Å². The molecule has 0 aromatic heterocycles. The Morgan fingerprint density at radius 2 is 1.94 bits per heavy atom. The zero-order chi connectivity index (χ0) is 11.5. The smallest absolute Gasteiger partial charge is 0.162 e. The second kappa shape index (κ2) is 5.06. The second-order valence-electron chi connectivity index (χ2n) is 3.77. The van der Waals surface area contributed by atoms with E-state index in [9.17, 15) is 0 Å². The Hall–Kier alpha value is -0.740. The molecule has 1 atom stereocenters. The standard InChI is InChI=1S/C12H16BrNO2/c1-3-10(14-2)8-6-11-12(7-9(8)13)16-5-4-15-11/h6-7,10,14H,3-5H2,1-2H3. The molecule has 1 aromatic rings. The van der Waals surface area contributed by atoms with Crippen molar-refractivity contribution in [3.8, 4) is 11.5 Å². The lowest BCUT2D eigenvalue weighted by atomic mass is 10.0. The monoisotopic (exact) mass is 285 g/mol. The van der Waals surface area contributed by atoms with Gasteiger partial charge < -0.3 is 14.8 Å². The zero-order valence-electron chi connectivity index (χ0n) is 9.55. The van der Waals surface area contributed by atoms with Crippen LogP contribution in [0.5, 0.6) is 11.5 Å². The number of fused-ring (bicyclic) bond motifs is 1. The molecule has 1 aromatic carbocycles. The van der Waals surface area contributed by atoms with Crippen molar-refractivity contribution < 1.29 is 9.47 Å². The van der Waals surface area contributed by atoms with E-state index in [2.05, 4.69) is 34.2 Å². The first kappa shape index (κ1) is 11.7. The number of rotatable bonds is 3. The minimum atomic E-state index is 0.338. The molecule has 0 spiro atoms. The van der Waals surface area contributed by atoms with Gasteiger partial charge in [0.05, 0.1) is 0 Å². The predicted molar refractivity (Wildman–Crippen MR) is 67.2 cm³/mol. The molecule has 0 saturated heterocycles. The summed E-state index contributed by atoms with van der Waals surface area (Å²) in [5, 5.41) is 3.29. The summed E-state index contributed by atoms with van der Waals surface area (Å²) in [6, 6.07) is 4.39. The minimum absolute atomic E-state index is 0.338. The van der Waals surface area contributed by atoms with Crippen LogP contribution in [0.3, 0.4) is 0 Å². The lowest BCUT2D eigenvalue weighted by molar-refractivity contribution is 0.171. The van der Waals surface area contributed by atoms with E-state index in [-0.39, 0.29) is 0 Å². The summed E-state index contributed by atoms with van der Waals surface area (Å²) in [6.07, 6.45) is 1.04. The fourth-order valence-corrected chi connectivity index (χ4v) is 2.52. The molecule has 0 bridgehead atoms. The molecule has 0 radical (unpaired) electrons. The summed E-state index contributed by atoms with van der Waals surface area (Å²) in [5.41, 5.74) is 1.22. The van der Waals surface area contributed by atoms with E-state index in [1.807, 2.05) is 13.1 Å². The van der Waals surface area contributed by atoms with Crippen LogP contribution < -0.4 is 14.8 Å². The molecule has 0 fully saturated rings. The predicted octanol–water partition coefficient (Wildman–Crippen LogP) is 2.89. The van der Waals surface area contributed by atoms with Crippen LogP contribution >= 0.6 is 15.9 Å². The molecule has 1 N–H and O–H groups in total. The number of benzene rings is 1. The van der Waals surface area contributed by atoms with Gasteiger partial charge in [-0.25, -0.2) is 0 Å². The molecular weight excluding hydrogens is 270 g/mol. The number of hydrogen-bond donors (Lipinski definition) is 1. The van der Waals surface area contributed by atoms with Crippen LogP contribution in [0.2, 0.25) is 0 Å². The Kier molecular flexibility index (Phi) is 3.71. The van der Waals surface area contributed by atoms with Crippen molar-refractivity contribution in [3.05, 3.63) is 22.2 Å². The van der Waals surface area contributed by atoms with Crippen molar-refractivity contribution in [2.75, 3.05) is 20.3 Å². The summed E-state index contributed by atoms with van der Waals surface area (Å²) in [5.74, 6) is 1.67. The van der Waals surface area contributed by atoms with Crippen LogP contribution in [-0.2, 0) is 0 Å². The van der Waals surface area contributed by atoms with Crippen LogP contribution in [-0.4, -0.2) is 20.3 Å². The van der Waals surface area contributed by atoms with Gasteiger partial charge in [-0.2, -0.15) is 0 Å². The quantitative estimate of drug-likeness (QED) is 0.926. The largest absolute Gasteiger partial charge is 0.486 e. The Bertz CT molecular complexity index is 378. The van der Waals surface area contributed by atoms with Crippen LogP contribution in [0, 0.1) is 0 Å². The van der Waals surface area contributed by atoms with Crippen molar-refractivity contribution in [3.63, 3.8) is 0 Å². The van der Waals surface area contributed by atoms with E-state index in [4.69, 9.17) is 9.47 Å². The van der Waals surface area contributed by atoms with Crippen LogP contribution in [0.4, 0.5) is 0 Å². The van der Waals surface area contributed by atoms with E-state index < -0.39 is 0 Å². The molecule has 88 valence electrons. The fourth-order valence-electron chi connectivity index (χ4n) is 1.93. The fraction of sp³-hybridized carbons (Fsp3) is 0.500. The van der Waals surface area contributed by atoms with E-state index in [1.165, 1.54) is 5.56 Å². The molecule has 0 saturated carbocycles. The van der Waals surface area contributed by atoms with E-state index in [0.29, 0.717) is 19.3 Å². The van der Waals surface area contributed by atoms with Crippen LogP contribution in [0.15, 0.2) is 16.6 Å². The number of halogens is 1. The second-order valence-corrected chi connectivity index (χ2v) is 4.62. The highest BCUT2D eigenvalue weighted by atomic mass is 79.9. The normalized spacial score (nSPS) is 15.9. The van der Waals surface area contributed by atoms with Gasteiger partial charge in [-0.15, -0.1) is 0 Å². The first-order chi connectivity index (χ1) is 7.76. The van der Waals surface area contributed by atoms with Gasteiger partial charge in [0.1, 0.15) is 13.2 Å². The third-order valence-electron chi connectivity index (χ3n) is 2.79. The summed E-state index contributed by atoms with van der Waals surface area (Å²) in [7, 11) is 1.97. The van der Waals surface area contributed by atoms with Gasteiger partial charge in [0.2, 0.25) is 0 Å². The van der Waals surface area contributed by atoms with Gasteiger partial charge in [-0.3, -0.25) is 0 Å². The van der Waals surface area contributed by atoms with Gasteiger partial charge in [0.25, 0.3) is 0 Å². The van der Waals surface area contributed by atoms with Crippen LogP contribution in [0.25, 0.3) is 0 Å². The molecule has 1 aliphatic rings. The highest BCUT2D eigenvalue weighted by Crippen LogP contribution is 2.38. The molecular formula is C12H16BrNO2. The Morgan fingerprint density at radius 3 is 2.50 bits per heavy atom. The summed E-state index contributed by atoms with van der Waals surface area (Å²) < 4.78 is 12.2. The summed E-state index contributed by atoms with van der Waals surface area (Å²) in [4.78, 5) is 0. The Labute approximate surface area is 104 Å².